The van der Waals surface area contributed by atoms with E-state index >= 15 is 0 Å². The topological polar surface area (TPSA) is 85.1 Å². The molecule has 0 unspecified atom stereocenters. The van der Waals surface area contributed by atoms with Gasteiger partial charge in [0.05, 0.1) is 23.8 Å². The molecule has 38 heavy (non-hydrogen) atoms. The summed E-state index contributed by atoms with van der Waals surface area (Å²) in [5.74, 6) is 1.86. The van der Waals surface area contributed by atoms with E-state index < -0.39 is 5.60 Å². The van der Waals surface area contributed by atoms with Crippen LogP contribution in [-0.4, -0.2) is 37.4 Å². The molecule has 2 N–H and O–H groups in total. The fraction of sp³-hybridized carbons (Fsp3) is 0.367. The highest BCUT2D eigenvalue weighted by atomic mass is 19.1. The molecule has 3 aromatic rings. The van der Waals surface area contributed by atoms with Gasteiger partial charge < -0.3 is 19.7 Å². The van der Waals surface area contributed by atoms with Gasteiger partial charge in [-0.15, -0.1) is 0 Å². The number of aliphatic hydroxyl groups is 1. The largest absolute Gasteiger partial charge is 0.491 e. The van der Waals surface area contributed by atoms with Crippen LogP contribution in [0, 0.1) is 0 Å². The summed E-state index contributed by atoms with van der Waals surface area (Å²) < 4.78 is 20.5. The molecule has 0 radical (unpaired) electrons. The minimum absolute atomic E-state index is 0.0718. The van der Waals surface area contributed by atoms with E-state index in [0.717, 1.165) is 36.4 Å². The zero-order valence-corrected chi connectivity index (χ0v) is 21.5. The van der Waals surface area contributed by atoms with E-state index in [9.17, 15) is 9.50 Å². The van der Waals surface area contributed by atoms with Crippen LogP contribution in [0.3, 0.4) is 0 Å². The smallest absolute Gasteiger partial charge is 0.227 e. The van der Waals surface area contributed by atoms with Crippen molar-refractivity contribution >= 4 is 17.8 Å². The molecule has 198 valence electrons. The Morgan fingerprint density at radius 3 is 2.79 bits per heavy atom. The SMILES string of the molecule is C=C1CCC[C@@H](/C=C/n2c(C3(O)CC3)nc(-c3ccnc(Nc4ccccc4)n3)c2C/C=C\CCCF)O1. The molecule has 3 heterocycles. The fourth-order valence-electron chi connectivity index (χ4n) is 4.56. The van der Waals surface area contributed by atoms with E-state index in [4.69, 9.17) is 14.7 Å². The number of nitrogens with one attached hydrogen (secondary N) is 1. The van der Waals surface area contributed by atoms with E-state index in [1.165, 1.54) is 0 Å². The van der Waals surface area contributed by atoms with E-state index in [1.807, 2.05) is 65.4 Å². The summed E-state index contributed by atoms with van der Waals surface area (Å²) in [4.78, 5) is 14.1. The second-order valence-corrected chi connectivity index (χ2v) is 9.82. The molecule has 7 nitrogen and oxygen atoms in total. The average molecular weight is 516 g/mol. The quantitative estimate of drug-likeness (QED) is 0.225. The minimum atomic E-state index is -0.968. The standard InChI is InChI=1S/C30H34FN5O2/c1-22-10-9-13-24(38-22)16-21-36-26(14-7-2-3-8-19-31)27(35-28(36)30(37)17-18-30)25-15-20-32-29(34-25)33-23-11-5-4-6-12-23/h2,4-7,11-12,15-16,20-21,24,37H,1,3,8-10,13-14,17-19H2,(H,32,33,34)/b7-2-,21-16+/t24-/m0/s1. The summed E-state index contributed by atoms with van der Waals surface area (Å²) in [6.07, 6.45) is 15.5. The number of nitrogens with zero attached hydrogens (tertiary/aromatic N) is 4. The van der Waals surface area contributed by atoms with Crippen LogP contribution < -0.4 is 5.32 Å². The van der Waals surface area contributed by atoms with Crippen molar-refractivity contribution in [2.24, 2.45) is 0 Å². The van der Waals surface area contributed by atoms with Crippen molar-refractivity contribution in [1.29, 1.82) is 0 Å². The van der Waals surface area contributed by atoms with Crippen LogP contribution in [0.15, 0.2) is 73.2 Å². The first-order valence-corrected chi connectivity index (χ1v) is 13.3. The summed E-state index contributed by atoms with van der Waals surface area (Å²) in [7, 11) is 0. The lowest BCUT2D eigenvalue weighted by molar-refractivity contribution is 0.110. The highest BCUT2D eigenvalue weighted by Gasteiger charge is 2.47. The zero-order valence-electron chi connectivity index (χ0n) is 21.5. The number of rotatable bonds is 11. The first kappa shape index (κ1) is 25.9. The Morgan fingerprint density at radius 1 is 1.18 bits per heavy atom. The normalized spacial score (nSPS) is 18.7. The molecule has 1 atom stereocenters. The van der Waals surface area contributed by atoms with Crippen molar-refractivity contribution in [3.05, 3.63) is 84.7 Å². The predicted molar refractivity (Wildman–Crippen MR) is 147 cm³/mol. The van der Waals surface area contributed by atoms with E-state index in [0.29, 0.717) is 55.3 Å². The molecule has 1 saturated heterocycles. The molecule has 0 bridgehead atoms. The number of hydrogen-bond acceptors (Lipinski definition) is 6. The molecule has 2 aromatic heterocycles. The molecular weight excluding hydrogens is 481 g/mol. The Kier molecular flexibility index (Phi) is 7.98. The van der Waals surface area contributed by atoms with Gasteiger partial charge in [0, 0.05) is 30.9 Å². The number of alkyl halides is 1. The summed E-state index contributed by atoms with van der Waals surface area (Å²) in [5, 5.41) is 14.4. The number of anilines is 2. The lowest BCUT2D eigenvalue weighted by atomic mass is 10.1. The van der Waals surface area contributed by atoms with Gasteiger partial charge in [-0.2, -0.15) is 0 Å². The minimum Gasteiger partial charge on any atom is -0.491 e. The molecule has 5 rings (SSSR count). The van der Waals surface area contributed by atoms with Crippen LogP contribution in [-0.2, 0) is 16.8 Å². The maximum absolute atomic E-state index is 12.6. The fourth-order valence-corrected chi connectivity index (χ4v) is 4.56. The van der Waals surface area contributed by atoms with Crippen LogP contribution in [0.25, 0.3) is 17.6 Å². The van der Waals surface area contributed by atoms with Gasteiger partial charge in [0.1, 0.15) is 23.2 Å². The molecule has 1 aromatic carbocycles. The highest BCUT2D eigenvalue weighted by Crippen LogP contribution is 2.46. The highest BCUT2D eigenvalue weighted by molar-refractivity contribution is 5.63. The summed E-state index contributed by atoms with van der Waals surface area (Å²) >= 11 is 0. The van der Waals surface area contributed by atoms with Crippen LogP contribution in [0.5, 0.6) is 0 Å². The Hall–Kier alpha value is -3.78. The first-order valence-electron chi connectivity index (χ1n) is 13.3. The zero-order chi connectivity index (χ0) is 26.4. The molecule has 8 heteroatoms. The molecule has 2 aliphatic rings. The number of para-hydroxylation sites is 1. The van der Waals surface area contributed by atoms with Gasteiger partial charge in [-0.05, 0) is 62.8 Å². The number of benzene rings is 1. The lowest BCUT2D eigenvalue weighted by Crippen LogP contribution is -2.16. The maximum Gasteiger partial charge on any atom is 0.227 e. The van der Waals surface area contributed by atoms with Gasteiger partial charge >= 0.3 is 0 Å². The lowest BCUT2D eigenvalue weighted by Gasteiger charge is -2.23. The van der Waals surface area contributed by atoms with Crippen LogP contribution in [0.2, 0.25) is 0 Å². The van der Waals surface area contributed by atoms with Crippen LogP contribution >= 0.6 is 0 Å². The average Bonchev–Trinajstić information content (AvgIpc) is 3.56. The van der Waals surface area contributed by atoms with Gasteiger partial charge in [-0.1, -0.05) is 36.9 Å². The number of hydrogen-bond donors (Lipinski definition) is 2. The Labute approximate surface area is 222 Å². The molecule has 1 saturated carbocycles. The third kappa shape index (κ3) is 6.19. The van der Waals surface area contributed by atoms with Crippen molar-refractivity contribution in [2.45, 2.75) is 63.1 Å². The van der Waals surface area contributed by atoms with Gasteiger partial charge in [-0.25, -0.2) is 15.0 Å². The second-order valence-electron chi connectivity index (χ2n) is 9.82. The van der Waals surface area contributed by atoms with Crippen molar-refractivity contribution in [3.63, 3.8) is 0 Å². The molecule has 0 spiro atoms. The molecule has 0 amide bonds. The van der Waals surface area contributed by atoms with Gasteiger partial charge in [-0.3, -0.25) is 4.39 Å². The molecular formula is C30H34FN5O2. The van der Waals surface area contributed by atoms with E-state index in [2.05, 4.69) is 16.9 Å². The Morgan fingerprint density at radius 2 is 2.03 bits per heavy atom. The van der Waals surface area contributed by atoms with E-state index in [-0.39, 0.29) is 12.8 Å². The van der Waals surface area contributed by atoms with Crippen molar-refractivity contribution in [2.75, 3.05) is 12.0 Å². The van der Waals surface area contributed by atoms with Crippen LogP contribution in [0.1, 0.15) is 56.5 Å². The monoisotopic (exact) mass is 515 g/mol. The third-order valence-electron chi connectivity index (χ3n) is 6.77. The predicted octanol–water partition coefficient (Wildman–Crippen LogP) is 6.47. The van der Waals surface area contributed by atoms with Crippen LogP contribution in [0.4, 0.5) is 16.0 Å². The number of allylic oxidation sites excluding steroid dienone is 3. The summed E-state index contributed by atoms with van der Waals surface area (Å²) in [6, 6.07) is 11.6. The van der Waals surface area contributed by atoms with Crippen molar-refractivity contribution in [1.82, 2.24) is 19.5 Å². The first-order chi connectivity index (χ1) is 18.6. The number of halogens is 1. The third-order valence-corrected chi connectivity index (χ3v) is 6.77. The van der Waals surface area contributed by atoms with Crippen molar-refractivity contribution < 1.29 is 14.2 Å². The number of imidazole rings is 1. The molecule has 1 aliphatic heterocycles. The van der Waals surface area contributed by atoms with Gasteiger partial charge in [0.2, 0.25) is 5.95 Å². The van der Waals surface area contributed by atoms with Gasteiger partial charge in [0.25, 0.3) is 0 Å². The number of unbranched alkanes of at least 4 members (excludes halogenated alkanes) is 1. The Bertz CT molecular complexity index is 1310. The summed E-state index contributed by atoms with van der Waals surface area (Å²) in [5.41, 5.74) is 2.16. The Balaban J connectivity index is 1.53. The number of aromatic nitrogens is 4. The number of ether oxygens (including phenoxy) is 1. The molecule has 1 aliphatic carbocycles. The van der Waals surface area contributed by atoms with Gasteiger partial charge in [0.15, 0.2) is 0 Å². The van der Waals surface area contributed by atoms with E-state index in [1.54, 1.807) is 6.20 Å². The maximum atomic E-state index is 12.6. The summed E-state index contributed by atoms with van der Waals surface area (Å²) in [6.45, 7) is 3.64. The molecule has 2 fully saturated rings. The van der Waals surface area contributed by atoms with Crippen molar-refractivity contribution in [3.8, 4) is 11.4 Å². The second kappa shape index (κ2) is 11.7.